The van der Waals surface area contributed by atoms with Crippen molar-refractivity contribution in [3.8, 4) is 0 Å². The van der Waals surface area contributed by atoms with Gasteiger partial charge in [0.2, 0.25) is 0 Å². The quantitative estimate of drug-likeness (QED) is 0.464. The van der Waals surface area contributed by atoms with Crippen molar-refractivity contribution in [2.75, 3.05) is 13.6 Å². The van der Waals surface area contributed by atoms with Crippen molar-refractivity contribution in [3.05, 3.63) is 30.2 Å². The summed E-state index contributed by atoms with van der Waals surface area (Å²) in [5.41, 5.74) is 0.886. The van der Waals surface area contributed by atoms with E-state index in [-0.39, 0.29) is 24.0 Å². The Kier molecular flexibility index (Phi) is 5.38. The maximum Gasteiger partial charge on any atom is 0.191 e. The molecule has 0 aromatic carbocycles. The molecule has 1 saturated carbocycles. The van der Waals surface area contributed by atoms with E-state index in [1.54, 1.807) is 7.05 Å². The van der Waals surface area contributed by atoms with E-state index in [1.165, 1.54) is 6.42 Å². The van der Waals surface area contributed by atoms with Gasteiger partial charge in [-0.15, -0.1) is 34.2 Å². The zero-order valence-corrected chi connectivity index (χ0v) is 14.6. The topological polar surface area (TPSA) is 66.6 Å². The van der Waals surface area contributed by atoms with E-state index < -0.39 is 0 Å². The Morgan fingerprint density at radius 1 is 1.43 bits per heavy atom. The molecule has 2 N–H and O–H groups in total. The molecular formula is C14H21IN6. The number of rotatable bonds is 4. The molecule has 0 aliphatic heterocycles. The Morgan fingerprint density at radius 3 is 2.95 bits per heavy atom. The Hall–Kier alpha value is -1.38. The van der Waals surface area contributed by atoms with E-state index in [2.05, 4.69) is 32.7 Å². The van der Waals surface area contributed by atoms with Crippen molar-refractivity contribution < 1.29 is 0 Å². The van der Waals surface area contributed by atoms with Crippen LogP contribution in [0.25, 0.3) is 5.65 Å². The average molecular weight is 400 g/mol. The van der Waals surface area contributed by atoms with Gasteiger partial charge in [0.15, 0.2) is 11.6 Å². The maximum atomic E-state index is 4.24. The summed E-state index contributed by atoms with van der Waals surface area (Å²) in [6, 6.07) is 6.49. The molecular weight excluding hydrogens is 379 g/mol. The van der Waals surface area contributed by atoms with Crippen LogP contribution in [0.4, 0.5) is 0 Å². The zero-order chi connectivity index (χ0) is 13.9. The number of pyridine rings is 1. The minimum Gasteiger partial charge on any atom is -0.356 e. The van der Waals surface area contributed by atoms with Crippen molar-refractivity contribution in [1.82, 2.24) is 25.2 Å². The SMILES string of the molecule is CN=C(NCCc1nnc2ccccn12)NC1CC1C.I. The second-order valence-corrected chi connectivity index (χ2v) is 5.26. The largest absolute Gasteiger partial charge is 0.356 e. The molecule has 2 unspecified atom stereocenters. The minimum atomic E-state index is 0. The normalized spacial score (nSPS) is 21.0. The van der Waals surface area contributed by atoms with E-state index in [0.717, 1.165) is 36.3 Å². The van der Waals surface area contributed by atoms with Crippen molar-refractivity contribution in [3.63, 3.8) is 0 Å². The molecule has 21 heavy (non-hydrogen) atoms. The number of hydrogen-bond acceptors (Lipinski definition) is 3. The summed E-state index contributed by atoms with van der Waals surface area (Å²) in [6.07, 6.45) is 4.03. The highest BCUT2D eigenvalue weighted by atomic mass is 127. The predicted molar refractivity (Wildman–Crippen MR) is 94.2 cm³/mol. The average Bonchev–Trinajstić information content (AvgIpc) is 3.00. The summed E-state index contributed by atoms with van der Waals surface area (Å²) in [4.78, 5) is 4.24. The third-order valence-electron chi connectivity index (χ3n) is 3.68. The lowest BCUT2D eigenvalue weighted by Crippen LogP contribution is -2.40. The van der Waals surface area contributed by atoms with Crippen LogP contribution in [0.3, 0.4) is 0 Å². The number of aromatic nitrogens is 3. The van der Waals surface area contributed by atoms with Crippen molar-refractivity contribution >= 4 is 35.6 Å². The Bertz CT molecular complexity index is 623. The highest BCUT2D eigenvalue weighted by Gasteiger charge is 2.33. The second-order valence-electron chi connectivity index (χ2n) is 5.26. The number of nitrogens with one attached hydrogen (secondary N) is 2. The molecule has 2 atom stereocenters. The van der Waals surface area contributed by atoms with Gasteiger partial charge in [0, 0.05) is 32.3 Å². The van der Waals surface area contributed by atoms with E-state index in [4.69, 9.17) is 0 Å². The lowest BCUT2D eigenvalue weighted by Gasteiger charge is -2.10. The van der Waals surface area contributed by atoms with Gasteiger partial charge < -0.3 is 10.6 Å². The molecule has 3 rings (SSSR count). The Balaban J connectivity index is 0.00000161. The number of hydrogen-bond donors (Lipinski definition) is 2. The molecule has 1 aliphatic carbocycles. The molecule has 2 aromatic rings. The number of nitrogens with zero attached hydrogens (tertiary/aromatic N) is 4. The van der Waals surface area contributed by atoms with Gasteiger partial charge in [0.1, 0.15) is 5.82 Å². The van der Waals surface area contributed by atoms with Gasteiger partial charge in [-0.25, -0.2) is 0 Å². The fraction of sp³-hybridized carbons (Fsp3) is 0.500. The Morgan fingerprint density at radius 2 is 2.24 bits per heavy atom. The zero-order valence-electron chi connectivity index (χ0n) is 12.3. The van der Waals surface area contributed by atoms with Crippen LogP contribution >= 0.6 is 24.0 Å². The van der Waals surface area contributed by atoms with Crippen LogP contribution in [0, 0.1) is 5.92 Å². The number of halogens is 1. The smallest absolute Gasteiger partial charge is 0.191 e. The number of aliphatic imine (C=N–C) groups is 1. The third-order valence-corrected chi connectivity index (χ3v) is 3.68. The lowest BCUT2D eigenvalue weighted by molar-refractivity contribution is 0.740. The van der Waals surface area contributed by atoms with Crippen LogP contribution in [0.1, 0.15) is 19.2 Å². The first-order chi connectivity index (χ1) is 9.78. The number of fused-ring (bicyclic) bond motifs is 1. The van der Waals surface area contributed by atoms with Gasteiger partial charge in [-0.1, -0.05) is 13.0 Å². The lowest BCUT2D eigenvalue weighted by atomic mass is 10.4. The van der Waals surface area contributed by atoms with Crippen LogP contribution in [0.5, 0.6) is 0 Å². The summed E-state index contributed by atoms with van der Waals surface area (Å²) in [7, 11) is 1.80. The van der Waals surface area contributed by atoms with Crippen LogP contribution in [-0.2, 0) is 6.42 Å². The van der Waals surface area contributed by atoms with Gasteiger partial charge in [-0.05, 0) is 24.5 Å². The van der Waals surface area contributed by atoms with Gasteiger partial charge >= 0.3 is 0 Å². The van der Waals surface area contributed by atoms with Crippen molar-refractivity contribution in [2.45, 2.75) is 25.8 Å². The molecule has 2 heterocycles. The fourth-order valence-electron chi connectivity index (χ4n) is 2.25. The molecule has 0 radical (unpaired) electrons. The summed E-state index contributed by atoms with van der Waals surface area (Å²) in [6.45, 7) is 3.03. The molecule has 1 aliphatic rings. The van der Waals surface area contributed by atoms with E-state index in [9.17, 15) is 0 Å². The van der Waals surface area contributed by atoms with Crippen molar-refractivity contribution in [2.24, 2.45) is 10.9 Å². The first-order valence-electron chi connectivity index (χ1n) is 7.04. The van der Waals surface area contributed by atoms with Gasteiger partial charge in [-0.2, -0.15) is 0 Å². The van der Waals surface area contributed by atoms with Crippen LogP contribution in [0.15, 0.2) is 29.4 Å². The van der Waals surface area contributed by atoms with Gasteiger partial charge in [-0.3, -0.25) is 9.39 Å². The van der Waals surface area contributed by atoms with Crippen LogP contribution in [0.2, 0.25) is 0 Å². The number of guanidine groups is 1. The summed E-state index contributed by atoms with van der Waals surface area (Å²) < 4.78 is 2.01. The second kappa shape index (κ2) is 7.06. The van der Waals surface area contributed by atoms with Gasteiger partial charge in [0.25, 0.3) is 0 Å². The van der Waals surface area contributed by atoms with Crippen molar-refractivity contribution in [1.29, 1.82) is 0 Å². The summed E-state index contributed by atoms with van der Waals surface area (Å²) in [5, 5.41) is 15.1. The minimum absolute atomic E-state index is 0. The molecule has 7 heteroatoms. The van der Waals surface area contributed by atoms with Crippen LogP contribution in [-0.4, -0.2) is 40.2 Å². The standard InChI is InChI=1S/C14H20N6.HI/c1-10-9-11(10)17-14(15-2)16-7-6-13-19-18-12-5-3-4-8-20(12)13;/h3-5,8,10-11H,6-7,9H2,1-2H3,(H2,15,16,17);1H. The first kappa shape index (κ1) is 16.0. The highest BCUT2D eigenvalue weighted by molar-refractivity contribution is 14.0. The maximum absolute atomic E-state index is 4.24. The molecule has 114 valence electrons. The Labute approximate surface area is 141 Å². The van der Waals surface area contributed by atoms with Gasteiger partial charge in [0.05, 0.1) is 0 Å². The molecule has 0 saturated heterocycles. The summed E-state index contributed by atoms with van der Waals surface area (Å²) >= 11 is 0. The first-order valence-corrected chi connectivity index (χ1v) is 7.04. The van der Waals surface area contributed by atoms with Crippen LogP contribution < -0.4 is 10.6 Å². The third kappa shape index (κ3) is 3.84. The van der Waals surface area contributed by atoms with E-state index >= 15 is 0 Å². The summed E-state index contributed by atoms with van der Waals surface area (Å²) in [5.74, 6) is 2.59. The fourth-order valence-corrected chi connectivity index (χ4v) is 2.25. The van der Waals surface area contributed by atoms with E-state index in [1.807, 2.05) is 28.8 Å². The molecule has 0 spiro atoms. The molecule has 0 bridgehead atoms. The highest BCUT2D eigenvalue weighted by Crippen LogP contribution is 2.28. The monoisotopic (exact) mass is 400 g/mol. The van der Waals surface area contributed by atoms with E-state index in [0.29, 0.717) is 6.04 Å². The predicted octanol–water partition coefficient (Wildman–Crippen LogP) is 1.46. The molecule has 2 aromatic heterocycles. The molecule has 1 fully saturated rings. The molecule has 0 amide bonds. The molecule has 6 nitrogen and oxygen atoms in total.